The number of hydrogen-bond acceptors (Lipinski definition) is 10. The van der Waals surface area contributed by atoms with Gasteiger partial charge in [-0.3, -0.25) is 9.11 Å². The van der Waals surface area contributed by atoms with E-state index in [9.17, 15) is 21.6 Å². The van der Waals surface area contributed by atoms with Gasteiger partial charge in [0.05, 0.1) is 16.9 Å². The van der Waals surface area contributed by atoms with Crippen molar-refractivity contribution < 1.29 is 35.5 Å². The van der Waals surface area contributed by atoms with Crippen LogP contribution in [0.3, 0.4) is 0 Å². The summed E-state index contributed by atoms with van der Waals surface area (Å²) in [5.74, 6) is 0.201. The number of aryl methyl sites for hydroxylation is 2. The molecule has 0 aliphatic carbocycles. The molecule has 3 heterocycles. The van der Waals surface area contributed by atoms with Crippen molar-refractivity contribution in [2.45, 2.75) is 42.1 Å². The molecule has 2 fully saturated rings. The summed E-state index contributed by atoms with van der Waals surface area (Å²) in [6.07, 6.45) is 1.11. The number of ether oxygens (including phenoxy) is 1. The molecule has 0 unspecified atom stereocenters. The Morgan fingerprint density at radius 1 is 0.950 bits per heavy atom. The first kappa shape index (κ1) is 31.4. The van der Waals surface area contributed by atoms with Gasteiger partial charge in [-0.25, -0.2) is 4.79 Å². The number of anilines is 1. The molecular formula is C25H29ClN4O8S2. The van der Waals surface area contributed by atoms with E-state index < -0.39 is 26.2 Å². The fourth-order valence-corrected chi connectivity index (χ4v) is 5.15. The number of carbonyl (C=O) groups excluding carboxylic acids is 1. The molecule has 5 rings (SSSR count). The number of hydrogen-bond donors (Lipinski definition) is 3. The highest BCUT2D eigenvalue weighted by Gasteiger charge is 2.38. The molecule has 3 N–H and O–H groups in total. The number of aromatic nitrogens is 2. The van der Waals surface area contributed by atoms with Crippen LogP contribution in [0.2, 0.25) is 5.15 Å². The van der Waals surface area contributed by atoms with Crippen LogP contribution < -0.4 is 10.2 Å². The second-order valence-electron chi connectivity index (χ2n) is 9.12. The minimum absolute atomic E-state index is 0.0666. The third-order valence-corrected chi connectivity index (χ3v) is 8.14. The molecule has 3 aromatic rings. The lowest BCUT2D eigenvalue weighted by atomic mass is 10.2. The molecular weight excluding hydrogens is 584 g/mol. The predicted molar refractivity (Wildman–Crippen MR) is 148 cm³/mol. The van der Waals surface area contributed by atoms with Crippen molar-refractivity contribution >= 4 is 43.6 Å². The van der Waals surface area contributed by atoms with Crippen molar-refractivity contribution in [1.29, 1.82) is 0 Å². The number of piperazine rings is 1. The number of nitrogens with zero attached hydrogens (tertiary/aromatic N) is 3. The first-order valence-electron chi connectivity index (χ1n) is 11.9. The van der Waals surface area contributed by atoms with E-state index in [0.29, 0.717) is 17.9 Å². The zero-order valence-electron chi connectivity index (χ0n) is 21.9. The van der Waals surface area contributed by atoms with Crippen LogP contribution in [0.25, 0.3) is 0 Å². The lowest BCUT2D eigenvalue weighted by Crippen LogP contribution is -2.44. The number of fused-ring (bicyclic) bond motifs is 2. The predicted octanol–water partition coefficient (Wildman–Crippen LogP) is 2.95. The van der Waals surface area contributed by atoms with Gasteiger partial charge in [0.1, 0.15) is 5.56 Å². The van der Waals surface area contributed by atoms with E-state index in [-0.39, 0.29) is 20.5 Å². The maximum Gasteiger partial charge on any atom is 0.341 e. The molecule has 0 spiro atoms. The van der Waals surface area contributed by atoms with Crippen LogP contribution in [0.5, 0.6) is 0 Å². The molecule has 0 saturated carbocycles. The third kappa shape index (κ3) is 8.43. The van der Waals surface area contributed by atoms with E-state index in [1.807, 2.05) is 13.8 Å². The van der Waals surface area contributed by atoms with Crippen LogP contribution in [-0.2, 0) is 25.0 Å². The van der Waals surface area contributed by atoms with Gasteiger partial charge in [-0.05, 0) is 44.5 Å². The lowest BCUT2D eigenvalue weighted by molar-refractivity contribution is 0.0600. The van der Waals surface area contributed by atoms with Crippen LogP contribution in [0.1, 0.15) is 27.9 Å². The second-order valence-corrected chi connectivity index (χ2v) is 12.3. The number of methoxy groups -OCH3 is 1. The van der Waals surface area contributed by atoms with Gasteiger partial charge in [-0.1, -0.05) is 47.0 Å². The number of esters is 1. The zero-order valence-corrected chi connectivity index (χ0v) is 24.2. The van der Waals surface area contributed by atoms with E-state index >= 15 is 0 Å². The lowest BCUT2D eigenvalue weighted by Gasteiger charge is -2.28. The monoisotopic (exact) mass is 612 g/mol. The van der Waals surface area contributed by atoms with Gasteiger partial charge in [0, 0.05) is 31.2 Å². The van der Waals surface area contributed by atoms with Gasteiger partial charge in [-0.2, -0.15) is 16.8 Å². The molecule has 2 aliphatic heterocycles. The van der Waals surface area contributed by atoms with Gasteiger partial charge in [0.15, 0.2) is 11.0 Å². The molecule has 2 aromatic carbocycles. The van der Waals surface area contributed by atoms with Crippen LogP contribution in [0, 0.1) is 13.8 Å². The van der Waals surface area contributed by atoms with Crippen molar-refractivity contribution in [3.63, 3.8) is 0 Å². The quantitative estimate of drug-likeness (QED) is 0.290. The molecule has 40 heavy (non-hydrogen) atoms. The summed E-state index contributed by atoms with van der Waals surface area (Å²) in [6, 6.07) is 14.6. The van der Waals surface area contributed by atoms with Gasteiger partial charge < -0.3 is 15.0 Å². The highest BCUT2D eigenvalue weighted by atomic mass is 35.5. The number of carbonyl (C=O) groups is 1. The molecule has 2 aliphatic rings. The minimum Gasteiger partial charge on any atom is -0.465 e. The fraction of sp³-hybridized carbons (Fsp3) is 0.320. The van der Waals surface area contributed by atoms with Gasteiger partial charge in [0.25, 0.3) is 20.2 Å². The van der Waals surface area contributed by atoms with Crippen molar-refractivity contribution in [1.82, 2.24) is 15.5 Å². The summed E-state index contributed by atoms with van der Waals surface area (Å²) in [6.45, 7) is 5.52. The van der Waals surface area contributed by atoms with Crippen LogP contribution in [0.15, 0.2) is 64.4 Å². The first-order chi connectivity index (χ1) is 18.7. The summed E-state index contributed by atoms with van der Waals surface area (Å²) >= 11 is 5.85. The van der Waals surface area contributed by atoms with Gasteiger partial charge in [-0.15, -0.1) is 10.2 Å². The summed E-state index contributed by atoms with van der Waals surface area (Å²) in [5.41, 5.74) is 2.18. The number of nitrogens with one attached hydrogen (secondary N) is 1. The van der Waals surface area contributed by atoms with Crippen LogP contribution in [0.4, 0.5) is 5.82 Å². The average Bonchev–Trinajstić information content (AvgIpc) is 3.53. The van der Waals surface area contributed by atoms with Crippen molar-refractivity contribution in [2.24, 2.45) is 0 Å². The minimum atomic E-state index is -4.02. The largest absolute Gasteiger partial charge is 0.465 e. The Kier molecular flexibility index (Phi) is 10.2. The molecule has 0 radical (unpaired) electrons. The Hall–Kier alpha value is -3.14. The van der Waals surface area contributed by atoms with Crippen molar-refractivity contribution in [3.8, 4) is 0 Å². The van der Waals surface area contributed by atoms with Crippen LogP contribution in [-0.4, -0.2) is 74.4 Å². The molecule has 2 bridgehead atoms. The van der Waals surface area contributed by atoms with E-state index in [1.54, 1.807) is 30.3 Å². The van der Waals surface area contributed by atoms with E-state index in [4.69, 9.17) is 20.7 Å². The SMILES string of the molecule is COC(=O)c1cc(N2C[C@@H]3C[C@H]2CN3)nnc1Cl.Cc1ccc(S(=O)(=O)O)cc1.Cc1ccc(S(=O)(=O)O)cc1. The first-order valence-corrected chi connectivity index (χ1v) is 15.1. The average molecular weight is 613 g/mol. The van der Waals surface area contributed by atoms with E-state index in [0.717, 1.165) is 30.6 Å². The van der Waals surface area contributed by atoms with E-state index in [2.05, 4.69) is 25.2 Å². The molecule has 2 saturated heterocycles. The Labute approximate surface area is 237 Å². The number of halogens is 1. The molecule has 216 valence electrons. The molecule has 1 aromatic heterocycles. The van der Waals surface area contributed by atoms with Gasteiger partial charge >= 0.3 is 5.97 Å². The van der Waals surface area contributed by atoms with Crippen molar-refractivity contribution in [2.75, 3.05) is 25.1 Å². The molecule has 15 heteroatoms. The van der Waals surface area contributed by atoms with Gasteiger partial charge in [0.2, 0.25) is 0 Å². The Morgan fingerprint density at radius 3 is 1.82 bits per heavy atom. The fourth-order valence-electron chi connectivity index (χ4n) is 4.02. The normalized spacial score (nSPS) is 17.8. The topological polar surface area (TPSA) is 176 Å². The Bertz CT molecular complexity index is 1480. The highest BCUT2D eigenvalue weighted by Crippen LogP contribution is 2.29. The maximum atomic E-state index is 11.6. The third-order valence-electron chi connectivity index (χ3n) is 6.13. The molecule has 0 amide bonds. The van der Waals surface area contributed by atoms with Crippen molar-refractivity contribution in [3.05, 3.63) is 76.4 Å². The summed E-state index contributed by atoms with van der Waals surface area (Å²) < 4.78 is 63.8. The summed E-state index contributed by atoms with van der Waals surface area (Å²) in [4.78, 5) is 13.6. The highest BCUT2D eigenvalue weighted by molar-refractivity contribution is 7.86. The number of benzene rings is 2. The van der Waals surface area contributed by atoms with E-state index in [1.165, 1.54) is 31.4 Å². The summed E-state index contributed by atoms with van der Waals surface area (Å²) in [7, 11) is -6.72. The Balaban J connectivity index is 0.000000175. The Morgan fingerprint density at radius 2 is 1.45 bits per heavy atom. The molecule has 12 nitrogen and oxygen atoms in total. The standard InChI is InChI=1S/C11H13ClN4O2.2C7H8O3S/c1-18-11(17)8-3-9(14-15-10(8)12)16-5-6-2-7(16)4-13-6;2*1-6-2-4-7(5-3-6)11(8,9)10/h3,6-7,13H,2,4-5H2,1H3;2*2-5H,1H3,(H,8,9,10)/t6-,7-;;/m0../s1. The molecule has 2 atom stereocenters. The summed E-state index contributed by atoms with van der Waals surface area (Å²) in [5, 5.41) is 11.4. The second kappa shape index (κ2) is 13.0. The number of rotatable bonds is 4. The maximum absolute atomic E-state index is 11.6. The smallest absolute Gasteiger partial charge is 0.341 e. The zero-order chi connectivity index (χ0) is 29.7. The van der Waals surface area contributed by atoms with Crippen LogP contribution >= 0.6 is 11.6 Å².